The van der Waals surface area contributed by atoms with Gasteiger partial charge < -0.3 is 10.2 Å². The van der Waals surface area contributed by atoms with Crippen molar-refractivity contribution in [2.24, 2.45) is 10.7 Å². The highest BCUT2D eigenvalue weighted by Crippen LogP contribution is 2.32. The lowest BCUT2D eigenvalue weighted by Crippen LogP contribution is -2.01. The largest absolute Gasteiger partial charge is 0.456 e. The van der Waals surface area contributed by atoms with Crippen molar-refractivity contribution in [2.75, 3.05) is 0 Å². The Morgan fingerprint density at radius 3 is 2.58 bits per heavy atom. The summed E-state index contributed by atoms with van der Waals surface area (Å²) in [6.45, 7) is 4.00. The molecule has 0 fully saturated rings. The summed E-state index contributed by atoms with van der Waals surface area (Å²) in [6.07, 6.45) is 1.51. The number of nitro groups is 1. The highest BCUT2D eigenvalue weighted by Gasteiger charge is 2.21. The normalized spacial score (nSPS) is 15.0. The van der Waals surface area contributed by atoms with Crippen molar-refractivity contribution in [3.05, 3.63) is 57.2 Å². The van der Waals surface area contributed by atoms with Crippen LogP contribution in [0.1, 0.15) is 19.6 Å². The molecule has 7 nitrogen and oxygen atoms in total. The maximum Gasteiger partial charge on any atom is 0.286 e. The van der Waals surface area contributed by atoms with Crippen molar-refractivity contribution in [1.82, 2.24) is 0 Å². The summed E-state index contributed by atoms with van der Waals surface area (Å²) in [7, 11) is 0. The number of carbonyl (C=O) groups is 1. The summed E-state index contributed by atoms with van der Waals surface area (Å²) >= 11 is 1.05. The van der Waals surface area contributed by atoms with E-state index in [0.717, 1.165) is 11.8 Å². The quantitative estimate of drug-likeness (QED) is 0.514. The summed E-state index contributed by atoms with van der Waals surface area (Å²) in [4.78, 5) is 26.0. The molecule has 3 rings (SSSR count). The van der Waals surface area contributed by atoms with Gasteiger partial charge in [0.15, 0.2) is 5.17 Å². The molecule has 2 aromatic rings. The minimum atomic E-state index is -0.471. The van der Waals surface area contributed by atoms with Crippen LogP contribution in [0.3, 0.4) is 0 Å². The molecule has 0 radical (unpaired) electrons. The van der Waals surface area contributed by atoms with Crippen molar-refractivity contribution < 1.29 is 14.1 Å². The number of thioether (sulfide) groups is 1. The van der Waals surface area contributed by atoms with Crippen LogP contribution in [-0.2, 0) is 4.79 Å². The van der Waals surface area contributed by atoms with E-state index in [2.05, 4.69) is 4.99 Å². The van der Waals surface area contributed by atoms with Crippen LogP contribution in [0.5, 0.6) is 0 Å². The zero-order chi connectivity index (χ0) is 17.7. The molecule has 1 aromatic carbocycles. The SMILES string of the molecule is CC.NC1=NC(=O)/C(=C/c2ccc(-c3ccccc3[N+](=O)[O-])o2)S1. The van der Waals surface area contributed by atoms with E-state index >= 15 is 0 Å². The van der Waals surface area contributed by atoms with E-state index in [0.29, 0.717) is 22.0 Å². The standard InChI is InChI=1S/C14H9N3O4S.C2H6/c15-14-16-13(18)12(22-14)7-8-5-6-11(21-8)9-3-1-2-4-10(9)17(19)20;1-2/h1-7H,(H2,15,16,18);1-2H3/b12-7-;. The third-order valence-corrected chi connectivity index (χ3v) is 3.72. The Morgan fingerprint density at radius 2 is 1.96 bits per heavy atom. The van der Waals surface area contributed by atoms with Crippen LogP contribution in [0.15, 0.2) is 50.7 Å². The summed E-state index contributed by atoms with van der Waals surface area (Å²) in [6, 6.07) is 9.52. The van der Waals surface area contributed by atoms with Crippen LogP contribution in [0, 0.1) is 10.1 Å². The molecule has 2 heterocycles. The van der Waals surface area contributed by atoms with Crippen LogP contribution in [-0.4, -0.2) is 16.0 Å². The molecular formula is C16H15N3O4S. The Labute approximate surface area is 142 Å². The van der Waals surface area contributed by atoms with Crippen molar-refractivity contribution in [2.45, 2.75) is 13.8 Å². The second kappa shape index (κ2) is 7.60. The average Bonchev–Trinajstić information content (AvgIpc) is 3.16. The average molecular weight is 345 g/mol. The highest BCUT2D eigenvalue weighted by molar-refractivity contribution is 8.18. The lowest BCUT2D eigenvalue weighted by atomic mass is 10.1. The summed E-state index contributed by atoms with van der Waals surface area (Å²) in [5, 5.41) is 11.2. The smallest absolute Gasteiger partial charge is 0.286 e. The fraction of sp³-hybridized carbons (Fsp3) is 0.125. The molecule has 1 aliphatic rings. The minimum Gasteiger partial charge on any atom is -0.456 e. The molecule has 1 aliphatic heterocycles. The second-order valence-electron chi connectivity index (χ2n) is 4.34. The zero-order valence-electron chi connectivity index (χ0n) is 13.1. The van der Waals surface area contributed by atoms with Gasteiger partial charge >= 0.3 is 0 Å². The zero-order valence-corrected chi connectivity index (χ0v) is 13.9. The molecule has 0 aliphatic carbocycles. The van der Waals surface area contributed by atoms with E-state index < -0.39 is 10.8 Å². The number of amidine groups is 1. The highest BCUT2D eigenvalue weighted by atomic mass is 32.2. The summed E-state index contributed by atoms with van der Waals surface area (Å²) in [5.41, 5.74) is 5.79. The third-order valence-electron chi connectivity index (χ3n) is 2.90. The van der Waals surface area contributed by atoms with E-state index in [4.69, 9.17) is 10.2 Å². The summed E-state index contributed by atoms with van der Waals surface area (Å²) in [5.74, 6) is 0.323. The van der Waals surface area contributed by atoms with Crippen molar-refractivity contribution in [1.29, 1.82) is 0 Å². The Balaban J connectivity index is 0.00000100. The number of para-hydroxylation sites is 1. The van der Waals surface area contributed by atoms with Gasteiger partial charge in [0, 0.05) is 12.1 Å². The van der Waals surface area contributed by atoms with Gasteiger partial charge in [-0.05, 0) is 30.0 Å². The number of furan rings is 1. The monoisotopic (exact) mass is 345 g/mol. The number of nitrogens with two attached hydrogens (primary N) is 1. The second-order valence-corrected chi connectivity index (χ2v) is 5.40. The van der Waals surface area contributed by atoms with Gasteiger partial charge in [0.2, 0.25) is 0 Å². The van der Waals surface area contributed by atoms with Gasteiger partial charge in [0.25, 0.3) is 11.6 Å². The van der Waals surface area contributed by atoms with Crippen molar-refractivity contribution in [3.63, 3.8) is 0 Å². The first-order chi connectivity index (χ1) is 11.5. The maximum atomic E-state index is 11.5. The predicted molar refractivity (Wildman–Crippen MR) is 94.3 cm³/mol. The van der Waals surface area contributed by atoms with Gasteiger partial charge in [-0.1, -0.05) is 26.0 Å². The number of nitro benzene ring substituents is 1. The Morgan fingerprint density at radius 1 is 1.25 bits per heavy atom. The fourth-order valence-electron chi connectivity index (χ4n) is 1.97. The van der Waals surface area contributed by atoms with Gasteiger partial charge in [-0.3, -0.25) is 14.9 Å². The Kier molecular flexibility index (Phi) is 5.54. The van der Waals surface area contributed by atoms with Crippen LogP contribution >= 0.6 is 11.8 Å². The van der Waals surface area contributed by atoms with Gasteiger partial charge in [0.1, 0.15) is 11.5 Å². The molecule has 0 atom stereocenters. The van der Waals surface area contributed by atoms with E-state index in [1.807, 2.05) is 13.8 Å². The fourth-order valence-corrected chi connectivity index (χ4v) is 2.63. The lowest BCUT2D eigenvalue weighted by molar-refractivity contribution is -0.384. The Hall–Kier alpha value is -2.87. The van der Waals surface area contributed by atoms with Gasteiger partial charge in [-0.15, -0.1) is 0 Å². The molecule has 8 heteroatoms. The molecule has 1 amide bonds. The maximum absolute atomic E-state index is 11.5. The topological polar surface area (TPSA) is 112 Å². The van der Waals surface area contributed by atoms with Gasteiger partial charge in [0.05, 0.1) is 15.4 Å². The molecule has 0 unspecified atom stereocenters. The van der Waals surface area contributed by atoms with E-state index in [-0.39, 0.29) is 10.9 Å². The molecule has 2 N–H and O–H groups in total. The van der Waals surface area contributed by atoms with Crippen LogP contribution in [0.2, 0.25) is 0 Å². The number of aliphatic imine (C=N–C) groups is 1. The molecule has 0 spiro atoms. The first-order valence-electron chi connectivity index (χ1n) is 7.16. The molecule has 0 saturated carbocycles. The number of hydrogen-bond acceptors (Lipinski definition) is 6. The summed E-state index contributed by atoms with van der Waals surface area (Å²) < 4.78 is 5.57. The Bertz CT molecular complexity index is 839. The van der Waals surface area contributed by atoms with E-state index in [9.17, 15) is 14.9 Å². The van der Waals surface area contributed by atoms with Gasteiger partial charge in [-0.2, -0.15) is 4.99 Å². The van der Waals surface area contributed by atoms with Crippen molar-refractivity contribution in [3.8, 4) is 11.3 Å². The van der Waals surface area contributed by atoms with Crippen LogP contribution in [0.25, 0.3) is 17.4 Å². The van der Waals surface area contributed by atoms with Gasteiger partial charge in [-0.25, -0.2) is 0 Å². The number of amides is 1. The minimum absolute atomic E-state index is 0.0463. The molecule has 0 bridgehead atoms. The number of hydrogen-bond donors (Lipinski definition) is 1. The number of carbonyl (C=O) groups excluding carboxylic acids is 1. The van der Waals surface area contributed by atoms with Crippen LogP contribution in [0.4, 0.5) is 5.69 Å². The van der Waals surface area contributed by atoms with E-state index in [1.54, 1.807) is 30.3 Å². The third kappa shape index (κ3) is 3.72. The first-order valence-corrected chi connectivity index (χ1v) is 7.98. The number of nitrogens with zero attached hydrogens (tertiary/aromatic N) is 2. The molecular weight excluding hydrogens is 330 g/mol. The molecule has 1 aromatic heterocycles. The van der Waals surface area contributed by atoms with Crippen LogP contribution < -0.4 is 5.73 Å². The first kappa shape index (κ1) is 17.5. The molecule has 124 valence electrons. The van der Waals surface area contributed by atoms with E-state index in [1.165, 1.54) is 12.1 Å². The number of benzene rings is 1. The molecule has 24 heavy (non-hydrogen) atoms. The van der Waals surface area contributed by atoms with Crippen molar-refractivity contribution >= 4 is 34.6 Å². The number of rotatable bonds is 3. The predicted octanol–water partition coefficient (Wildman–Crippen LogP) is 3.81. The molecule has 0 saturated heterocycles. The lowest BCUT2D eigenvalue weighted by Gasteiger charge is -1.98.